The summed E-state index contributed by atoms with van der Waals surface area (Å²) in [6, 6.07) is 8.14. The fourth-order valence-electron chi connectivity index (χ4n) is 1.93. The Morgan fingerprint density at radius 2 is 1.94 bits per heavy atom. The number of aromatic nitrogens is 2. The molecule has 0 radical (unpaired) electrons. The van der Waals surface area contributed by atoms with Crippen molar-refractivity contribution in [3.63, 3.8) is 0 Å². The summed E-state index contributed by atoms with van der Waals surface area (Å²) in [7, 11) is 1.85. The Morgan fingerprint density at radius 3 is 2.47 bits per heavy atom. The molecule has 0 aliphatic carbocycles. The summed E-state index contributed by atoms with van der Waals surface area (Å²) in [5.74, 6) is 0. The van der Waals surface area contributed by atoms with Gasteiger partial charge in [0.05, 0.1) is 6.20 Å². The topological polar surface area (TPSA) is 38.1 Å². The molecule has 1 aromatic heterocycles. The Kier molecular flexibility index (Phi) is 3.59. The lowest BCUT2D eigenvalue weighted by Gasteiger charge is -2.09. The molecule has 0 saturated carbocycles. The van der Waals surface area contributed by atoms with Gasteiger partial charge >= 0.3 is 0 Å². The van der Waals surface area contributed by atoms with E-state index in [2.05, 4.69) is 24.2 Å². The van der Waals surface area contributed by atoms with Crippen LogP contribution in [0.15, 0.2) is 36.7 Å². The molecular formula is C14H18N2O. The largest absolute Gasteiger partial charge is 0.384 e. The van der Waals surface area contributed by atoms with E-state index in [1.54, 1.807) is 10.9 Å². The molecule has 1 heterocycles. The Hall–Kier alpha value is -1.61. The summed E-state index contributed by atoms with van der Waals surface area (Å²) in [6.45, 7) is 2.17. The highest BCUT2D eigenvalue weighted by Crippen LogP contribution is 2.21. The van der Waals surface area contributed by atoms with Crippen molar-refractivity contribution in [3.8, 4) is 0 Å². The molecule has 1 aromatic carbocycles. The third-order valence-electron chi connectivity index (χ3n) is 2.87. The SMILES string of the molecule is CCCc1ccc(C(O)c2cnn(C)c2)cc1. The lowest BCUT2D eigenvalue weighted by molar-refractivity contribution is 0.220. The van der Waals surface area contributed by atoms with E-state index in [0.717, 1.165) is 24.0 Å². The number of aryl methyl sites for hydroxylation is 2. The average Bonchev–Trinajstić information content (AvgIpc) is 2.76. The minimum absolute atomic E-state index is 0.584. The summed E-state index contributed by atoms with van der Waals surface area (Å²) >= 11 is 0. The molecule has 3 nitrogen and oxygen atoms in total. The molecule has 17 heavy (non-hydrogen) atoms. The molecule has 1 atom stereocenters. The van der Waals surface area contributed by atoms with Gasteiger partial charge in [-0.1, -0.05) is 37.6 Å². The van der Waals surface area contributed by atoms with Crippen LogP contribution in [-0.2, 0) is 13.5 Å². The second-order valence-electron chi connectivity index (χ2n) is 4.34. The first-order valence-electron chi connectivity index (χ1n) is 5.96. The van der Waals surface area contributed by atoms with Crippen LogP contribution in [-0.4, -0.2) is 14.9 Å². The van der Waals surface area contributed by atoms with Gasteiger partial charge in [-0.05, 0) is 17.5 Å². The lowest BCUT2D eigenvalue weighted by Crippen LogP contribution is -1.98. The predicted molar refractivity (Wildman–Crippen MR) is 67.7 cm³/mol. The second-order valence-corrected chi connectivity index (χ2v) is 4.34. The maximum absolute atomic E-state index is 10.2. The first-order valence-corrected chi connectivity index (χ1v) is 5.96. The summed E-state index contributed by atoms with van der Waals surface area (Å²) in [5, 5.41) is 14.2. The zero-order chi connectivity index (χ0) is 12.3. The van der Waals surface area contributed by atoms with E-state index in [4.69, 9.17) is 0 Å². The van der Waals surface area contributed by atoms with Crippen molar-refractivity contribution in [2.24, 2.45) is 7.05 Å². The van der Waals surface area contributed by atoms with Crippen molar-refractivity contribution in [3.05, 3.63) is 53.3 Å². The van der Waals surface area contributed by atoms with Gasteiger partial charge in [-0.2, -0.15) is 5.10 Å². The zero-order valence-electron chi connectivity index (χ0n) is 10.3. The first kappa shape index (κ1) is 11.9. The van der Waals surface area contributed by atoms with Crippen LogP contribution in [0.5, 0.6) is 0 Å². The van der Waals surface area contributed by atoms with Crippen LogP contribution in [0.1, 0.15) is 36.1 Å². The molecule has 0 aliphatic heterocycles. The standard InChI is InChI=1S/C14H18N2O/c1-3-4-11-5-7-12(8-6-11)14(17)13-9-15-16(2)10-13/h5-10,14,17H,3-4H2,1-2H3. The van der Waals surface area contributed by atoms with Gasteiger partial charge in [0.2, 0.25) is 0 Å². The third-order valence-corrected chi connectivity index (χ3v) is 2.87. The quantitative estimate of drug-likeness (QED) is 0.876. The van der Waals surface area contributed by atoms with E-state index in [1.807, 2.05) is 25.4 Å². The van der Waals surface area contributed by atoms with Crippen molar-refractivity contribution in [2.75, 3.05) is 0 Å². The van der Waals surface area contributed by atoms with E-state index >= 15 is 0 Å². The van der Waals surface area contributed by atoms with E-state index in [1.165, 1.54) is 5.56 Å². The molecule has 0 fully saturated rings. The molecule has 0 bridgehead atoms. The van der Waals surface area contributed by atoms with E-state index in [9.17, 15) is 5.11 Å². The number of nitrogens with zero attached hydrogens (tertiary/aromatic N) is 2. The fourth-order valence-corrected chi connectivity index (χ4v) is 1.93. The van der Waals surface area contributed by atoms with E-state index in [0.29, 0.717) is 0 Å². The van der Waals surface area contributed by atoms with Crippen molar-refractivity contribution in [2.45, 2.75) is 25.9 Å². The average molecular weight is 230 g/mol. The number of hydrogen-bond donors (Lipinski definition) is 1. The highest BCUT2D eigenvalue weighted by Gasteiger charge is 2.11. The van der Waals surface area contributed by atoms with Gasteiger partial charge in [0.1, 0.15) is 6.10 Å². The molecule has 0 saturated heterocycles. The molecule has 0 aliphatic rings. The van der Waals surface area contributed by atoms with Gasteiger partial charge in [-0.3, -0.25) is 4.68 Å². The van der Waals surface area contributed by atoms with Crippen LogP contribution in [0.25, 0.3) is 0 Å². The fraction of sp³-hybridized carbons (Fsp3) is 0.357. The zero-order valence-corrected chi connectivity index (χ0v) is 10.3. The number of benzene rings is 1. The van der Waals surface area contributed by atoms with Gasteiger partial charge in [-0.25, -0.2) is 0 Å². The van der Waals surface area contributed by atoms with Gasteiger partial charge in [0, 0.05) is 18.8 Å². The predicted octanol–water partition coefficient (Wildman–Crippen LogP) is 2.45. The number of rotatable bonds is 4. The Morgan fingerprint density at radius 1 is 1.24 bits per heavy atom. The first-order chi connectivity index (χ1) is 8.20. The highest BCUT2D eigenvalue weighted by molar-refractivity contribution is 5.29. The van der Waals surface area contributed by atoms with Crippen LogP contribution in [0, 0.1) is 0 Å². The van der Waals surface area contributed by atoms with Gasteiger partial charge in [0.25, 0.3) is 0 Å². The van der Waals surface area contributed by atoms with Crippen LogP contribution < -0.4 is 0 Å². The second kappa shape index (κ2) is 5.15. The Bertz CT molecular complexity index is 473. The van der Waals surface area contributed by atoms with Crippen molar-refractivity contribution >= 4 is 0 Å². The monoisotopic (exact) mass is 230 g/mol. The molecule has 3 heteroatoms. The summed E-state index contributed by atoms with van der Waals surface area (Å²) in [6.07, 6.45) is 5.18. The van der Waals surface area contributed by atoms with Crippen molar-refractivity contribution in [1.29, 1.82) is 0 Å². The third kappa shape index (κ3) is 2.74. The van der Waals surface area contributed by atoms with Gasteiger partial charge in [0.15, 0.2) is 0 Å². The van der Waals surface area contributed by atoms with Crippen LogP contribution in [0.3, 0.4) is 0 Å². The summed E-state index contributed by atoms with van der Waals surface area (Å²) in [5.41, 5.74) is 3.06. The number of aliphatic hydroxyl groups excluding tert-OH is 1. The normalized spacial score (nSPS) is 12.6. The highest BCUT2D eigenvalue weighted by atomic mass is 16.3. The van der Waals surface area contributed by atoms with Crippen LogP contribution in [0.4, 0.5) is 0 Å². The summed E-state index contributed by atoms with van der Waals surface area (Å²) < 4.78 is 1.70. The molecule has 1 N–H and O–H groups in total. The summed E-state index contributed by atoms with van der Waals surface area (Å²) in [4.78, 5) is 0. The molecule has 2 rings (SSSR count). The minimum Gasteiger partial charge on any atom is -0.384 e. The lowest BCUT2D eigenvalue weighted by atomic mass is 10.0. The van der Waals surface area contributed by atoms with Crippen LogP contribution in [0.2, 0.25) is 0 Å². The Balaban J connectivity index is 2.16. The maximum atomic E-state index is 10.2. The van der Waals surface area contributed by atoms with Crippen molar-refractivity contribution in [1.82, 2.24) is 9.78 Å². The van der Waals surface area contributed by atoms with Crippen LogP contribution >= 0.6 is 0 Å². The molecule has 0 spiro atoms. The molecular weight excluding hydrogens is 212 g/mol. The van der Waals surface area contributed by atoms with E-state index < -0.39 is 6.10 Å². The molecule has 2 aromatic rings. The minimum atomic E-state index is -0.584. The number of aliphatic hydroxyl groups is 1. The molecule has 90 valence electrons. The van der Waals surface area contributed by atoms with E-state index in [-0.39, 0.29) is 0 Å². The Labute approximate surface area is 102 Å². The molecule has 1 unspecified atom stereocenters. The smallest absolute Gasteiger partial charge is 0.107 e. The van der Waals surface area contributed by atoms with Gasteiger partial charge < -0.3 is 5.11 Å². The number of hydrogen-bond acceptors (Lipinski definition) is 2. The van der Waals surface area contributed by atoms with Crippen molar-refractivity contribution < 1.29 is 5.11 Å². The maximum Gasteiger partial charge on any atom is 0.107 e. The van der Waals surface area contributed by atoms with Gasteiger partial charge in [-0.15, -0.1) is 0 Å². The molecule has 0 amide bonds.